The van der Waals surface area contributed by atoms with Gasteiger partial charge in [0.15, 0.2) is 0 Å². The van der Waals surface area contributed by atoms with Crippen molar-refractivity contribution in [2.24, 2.45) is 0 Å². The molecule has 0 unspecified atom stereocenters. The van der Waals surface area contributed by atoms with E-state index in [9.17, 15) is 14.4 Å². The molecule has 2 aromatic carbocycles. The van der Waals surface area contributed by atoms with Crippen LogP contribution in [0.4, 0.5) is 5.69 Å². The number of rotatable bonds is 6. The van der Waals surface area contributed by atoms with Gasteiger partial charge in [-0.25, -0.2) is 4.79 Å². The Morgan fingerprint density at radius 3 is 2.53 bits per heavy atom. The Morgan fingerprint density at radius 1 is 1.03 bits per heavy atom. The van der Waals surface area contributed by atoms with Gasteiger partial charge in [-0.2, -0.15) is 0 Å². The molecule has 30 heavy (non-hydrogen) atoms. The second kappa shape index (κ2) is 9.06. The lowest BCUT2D eigenvalue weighted by Gasteiger charge is -2.26. The van der Waals surface area contributed by atoms with Crippen molar-refractivity contribution < 1.29 is 9.53 Å². The molecule has 1 fully saturated rings. The van der Waals surface area contributed by atoms with Crippen molar-refractivity contribution in [2.45, 2.75) is 13.0 Å². The number of aromatic nitrogens is 2. The monoisotopic (exact) mass is 408 g/mol. The summed E-state index contributed by atoms with van der Waals surface area (Å²) in [6.45, 7) is 4.12. The van der Waals surface area contributed by atoms with Crippen LogP contribution >= 0.6 is 0 Å². The second-order valence-corrected chi connectivity index (χ2v) is 7.32. The number of morpholine rings is 1. The molecule has 1 saturated heterocycles. The summed E-state index contributed by atoms with van der Waals surface area (Å²) in [5.74, 6) is -0.432. The SMILES string of the molecule is O=C(Cn1c(=O)[nH]c2ccccc2c1=O)Nc1ccc(CCN2CCOCC2)cc1. The van der Waals surface area contributed by atoms with Crippen molar-refractivity contribution in [1.29, 1.82) is 0 Å². The minimum atomic E-state index is -0.604. The van der Waals surface area contributed by atoms with E-state index in [1.165, 1.54) is 5.56 Å². The molecule has 0 spiro atoms. The number of benzene rings is 2. The molecule has 0 radical (unpaired) electrons. The van der Waals surface area contributed by atoms with Gasteiger partial charge < -0.3 is 15.0 Å². The molecule has 1 aliphatic rings. The van der Waals surface area contributed by atoms with Gasteiger partial charge in [0.25, 0.3) is 5.56 Å². The van der Waals surface area contributed by atoms with E-state index in [0.29, 0.717) is 16.6 Å². The van der Waals surface area contributed by atoms with E-state index in [1.807, 2.05) is 24.3 Å². The normalized spacial score (nSPS) is 14.7. The summed E-state index contributed by atoms with van der Waals surface area (Å²) >= 11 is 0. The maximum atomic E-state index is 12.5. The van der Waals surface area contributed by atoms with Crippen molar-refractivity contribution in [3.63, 3.8) is 0 Å². The van der Waals surface area contributed by atoms with Crippen molar-refractivity contribution in [2.75, 3.05) is 38.2 Å². The highest BCUT2D eigenvalue weighted by atomic mass is 16.5. The van der Waals surface area contributed by atoms with Gasteiger partial charge in [0.05, 0.1) is 24.1 Å². The average molecular weight is 408 g/mol. The highest BCUT2D eigenvalue weighted by Gasteiger charge is 2.12. The van der Waals surface area contributed by atoms with Crippen LogP contribution in [0, 0.1) is 0 Å². The molecule has 156 valence electrons. The quantitative estimate of drug-likeness (QED) is 0.639. The van der Waals surface area contributed by atoms with Crippen LogP contribution in [0.5, 0.6) is 0 Å². The van der Waals surface area contributed by atoms with E-state index in [4.69, 9.17) is 4.74 Å². The van der Waals surface area contributed by atoms with Crippen LogP contribution in [0.15, 0.2) is 58.1 Å². The Kier molecular flexibility index (Phi) is 6.06. The Bertz CT molecular complexity index is 1140. The number of carbonyl (C=O) groups excluding carboxylic acids is 1. The van der Waals surface area contributed by atoms with Crippen LogP contribution in [0.1, 0.15) is 5.56 Å². The summed E-state index contributed by atoms with van der Waals surface area (Å²) in [4.78, 5) is 42.1. The van der Waals surface area contributed by atoms with Crippen LogP contribution in [-0.2, 0) is 22.5 Å². The zero-order valence-electron chi connectivity index (χ0n) is 16.6. The third kappa shape index (κ3) is 4.67. The fourth-order valence-electron chi connectivity index (χ4n) is 3.55. The summed E-state index contributed by atoms with van der Waals surface area (Å²) < 4.78 is 6.27. The number of ether oxygens (including phenoxy) is 1. The Balaban J connectivity index is 1.38. The lowest BCUT2D eigenvalue weighted by atomic mass is 10.1. The van der Waals surface area contributed by atoms with Crippen LogP contribution in [0.25, 0.3) is 10.9 Å². The third-order valence-electron chi connectivity index (χ3n) is 5.25. The Labute approximate surface area is 173 Å². The highest BCUT2D eigenvalue weighted by molar-refractivity contribution is 5.90. The van der Waals surface area contributed by atoms with E-state index >= 15 is 0 Å². The number of hydrogen-bond donors (Lipinski definition) is 2. The number of para-hydroxylation sites is 1. The number of aromatic amines is 1. The summed E-state index contributed by atoms with van der Waals surface area (Å²) in [5.41, 5.74) is 1.18. The van der Waals surface area contributed by atoms with Gasteiger partial charge in [0, 0.05) is 25.3 Å². The lowest BCUT2D eigenvalue weighted by Crippen LogP contribution is -2.38. The highest BCUT2D eigenvalue weighted by Crippen LogP contribution is 2.11. The van der Waals surface area contributed by atoms with E-state index in [0.717, 1.165) is 43.8 Å². The summed E-state index contributed by atoms with van der Waals surface area (Å²) in [5, 5.41) is 3.12. The largest absolute Gasteiger partial charge is 0.379 e. The summed E-state index contributed by atoms with van der Waals surface area (Å²) in [6, 6.07) is 14.4. The lowest BCUT2D eigenvalue weighted by molar-refractivity contribution is -0.116. The van der Waals surface area contributed by atoms with Gasteiger partial charge in [-0.1, -0.05) is 24.3 Å². The van der Waals surface area contributed by atoms with Crippen LogP contribution in [-0.4, -0.2) is 53.2 Å². The standard InChI is InChI=1S/C22H24N4O4/c27-20(15-26-21(28)18-3-1-2-4-19(18)24-22(26)29)23-17-7-5-16(6-8-17)9-10-25-11-13-30-14-12-25/h1-8H,9-15H2,(H,23,27)(H,24,29). The van der Waals surface area contributed by atoms with Gasteiger partial charge in [0.2, 0.25) is 5.91 Å². The maximum absolute atomic E-state index is 12.5. The van der Waals surface area contributed by atoms with Crippen molar-refractivity contribution in [1.82, 2.24) is 14.5 Å². The van der Waals surface area contributed by atoms with Gasteiger partial charge in [-0.3, -0.25) is 19.1 Å². The molecule has 1 aromatic heterocycles. The number of amides is 1. The molecule has 0 atom stereocenters. The van der Waals surface area contributed by atoms with Crippen molar-refractivity contribution in [3.8, 4) is 0 Å². The molecule has 0 aliphatic carbocycles. The maximum Gasteiger partial charge on any atom is 0.329 e. The molecule has 2 N–H and O–H groups in total. The first kappa shape index (κ1) is 20.1. The minimum absolute atomic E-state index is 0.349. The Morgan fingerprint density at radius 2 is 1.77 bits per heavy atom. The molecular weight excluding hydrogens is 384 g/mol. The Hall–Kier alpha value is -3.23. The predicted molar refractivity (Wildman–Crippen MR) is 115 cm³/mol. The molecule has 8 nitrogen and oxygen atoms in total. The molecular formula is C22H24N4O4. The van der Waals surface area contributed by atoms with Crippen LogP contribution in [0.2, 0.25) is 0 Å². The molecule has 1 aliphatic heterocycles. The summed E-state index contributed by atoms with van der Waals surface area (Å²) in [7, 11) is 0. The van der Waals surface area contributed by atoms with E-state index in [1.54, 1.807) is 24.3 Å². The molecule has 8 heteroatoms. The number of nitrogens with zero attached hydrogens (tertiary/aromatic N) is 2. The number of fused-ring (bicyclic) bond motifs is 1. The zero-order chi connectivity index (χ0) is 20.9. The fourth-order valence-corrected chi connectivity index (χ4v) is 3.55. The molecule has 4 rings (SSSR count). The van der Waals surface area contributed by atoms with Crippen LogP contribution in [0.3, 0.4) is 0 Å². The first-order valence-corrected chi connectivity index (χ1v) is 10.0. The molecule has 0 saturated carbocycles. The van der Waals surface area contributed by atoms with E-state index in [2.05, 4.69) is 15.2 Å². The average Bonchev–Trinajstić information content (AvgIpc) is 2.77. The van der Waals surface area contributed by atoms with Crippen molar-refractivity contribution in [3.05, 3.63) is 74.9 Å². The van der Waals surface area contributed by atoms with Gasteiger partial charge in [-0.05, 0) is 36.2 Å². The smallest absolute Gasteiger partial charge is 0.329 e. The predicted octanol–water partition coefficient (Wildman–Crippen LogP) is 1.20. The summed E-state index contributed by atoms with van der Waals surface area (Å²) in [6.07, 6.45) is 0.927. The number of carbonyl (C=O) groups is 1. The molecule has 3 aromatic rings. The third-order valence-corrected chi connectivity index (χ3v) is 5.25. The fraction of sp³-hybridized carbons (Fsp3) is 0.318. The van der Waals surface area contributed by atoms with E-state index in [-0.39, 0.29) is 6.54 Å². The topological polar surface area (TPSA) is 96.4 Å². The van der Waals surface area contributed by atoms with E-state index < -0.39 is 17.2 Å². The van der Waals surface area contributed by atoms with Gasteiger partial charge in [0.1, 0.15) is 6.54 Å². The molecule has 2 heterocycles. The zero-order valence-corrected chi connectivity index (χ0v) is 16.6. The molecule has 0 bridgehead atoms. The number of nitrogens with one attached hydrogen (secondary N) is 2. The van der Waals surface area contributed by atoms with Crippen molar-refractivity contribution >= 4 is 22.5 Å². The van der Waals surface area contributed by atoms with Crippen LogP contribution < -0.4 is 16.6 Å². The molecule has 1 amide bonds. The number of hydrogen-bond acceptors (Lipinski definition) is 5. The van der Waals surface area contributed by atoms with Gasteiger partial charge in [-0.15, -0.1) is 0 Å². The number of anilines is 1. The first-order valence-electron chi connectivity index (χ1n) is 10.0. The second-order valence-electron chi connectivity index (χ2n) is 7.32. The first-order chi connectivity index (χ1) is 14.6. The minimum Gasteiger partial charge on any atom is -0.379 e. The van der Waals surface area contributed by atoms with Gasteiger partial charge >= 0.3 is 5.69 Å². The number of H-pyrrole nitrogens is 1.